The number of nitrogens with zero attached hydrogens (tertiary/aromatic N) is 2. The minimum absolute atomic E-state index is 0.128. The van der Waals surface area contributed by atoms with Crippen molar-refractivity contribution in [2.24, 2.45) is 0 Å². The van der Waals surface area contributed by atoms with Crippen molar-refractivity contribution in [3.8, 4) is 0 Å². The predicted molar refractivity (Wildman–Crippen MR) is 49.5 cm³/mol. The number of nitrogens with one attached hydrogen (secondary N) is 1. The van der Waals surface area contributed by atoms with Crippen LogP contribution in [0.25, 0.3) is 0 Å². The van der Waals surface area contributed by atoms with Gasteiger partial charge in [0.1, 0.15) is 0 Å². The lowest BCUT2D eigenvalue weighted by Gasteiger charge is -2.03. The quantitative estimate of drug-likeness (QED) is 0.731. The Bertz CT molecular complexity index is 415. The maximum absolute atomic E-state index is 11.5. The van der Waals surface area contributed by atoms with Gasteiger partial charge in [0.2, 0.25) is 0 Å². The van der Waals surface area contributed by atoms with Gasteiger partial charge in [-0.15, -0.1) is 0 Å². The molecule has 6 heteroatoms. The molecule has 0 unspecified atom stereocenters. The zero-order chi connectivity index (χ0) is 10.8. The summed E-state index contributed by atoms with van der Waals surface area (Å²) in [5, 5.41) is 11.4. The van der Waals surface area contributed by atoms with Gasteiger partial charge in [-0.25, -0.2) is 14.8 Å². The fraction of sp³-hybridized carbons (Fsp3) is 0.333. The number of aromatic carboxylic acids is 1. The molecule has 1 aliphatic rings. The van der Waals surface area contributed by atoms with E-state index in [0.717, 1.165) is 12.8 Å². The second-order valence-electron chi connectivity index (χ2n) is 3.31. The molecule has 1 aromatic heterocycles. The summed E-state index contributed by atoms with van der Waals surface area (Å²) in [6.45, 7) is 0. The average molecular weight is 207 g/mol. The molecular weight excluding hydrogens is 198 g/mol. The van der Waals surface area contributed by atoms with Gasteiger partial charge < -0.3 is 10.4 Å². The molecule has 6 nitrogen and oxygen atoms in total. The largest absolute Gasteiger partial charge is 0.476 e. The summed E-state index contributed by atoms with van der Waals surface area (Å²) >= 11 is 0. The van der Waals surface area contributed by atoms with Gasteiger partial charge in [-0.1, -0.05) is 0 Å². The Morgan fingerprint density at radius 2 is 1.87 bits per heavy atom. The van der Waals surface area contributed by atoms with E-state index >= 15 is 0 Å². The minimum atomic E-state index is -1.25. The van der Waals surface area contributed by atoms with Crippen LogP contribution < -0.4 is 5.32 Å². The van der Waals surface area contributed by atoms with E-state index < -0.39 is 11.9 Å². The van der Waals surface area contributed by atoms with Crippen LogP contribution in [-0.2, 0) is 0 Å². The molecular formula is C9H9N3O3. The highest BCUT2D eigenvalue weighted by atomic mass is 16.4. The number of carbonyl (C=O) groups is 2. The molecule has 15 heavy (non-hydrogen) atoms. The molecule has 1 saturated carbocycles. The summed E-state index contributed by atoms with van der Waals surface area (Å²) in [7, 11) is 0. The number of rotatable bonds is 3. The molecule has 0 aromatic carbocycles. The topological polar surface area (TPSA) is 92.2 Å². The predicted octanol–water partition coefficient (Wildman–Crippen LogP) is 0.0670. The Labute approximate surface area is 85.4 Å². The molecule has 0 bridgehead atoms. The number of aromatic nitrogens is 2. The van der Waals surface area contributed by atoms with Crippen molar-refractivity contribution in [3.63, 3.8) is 0 Å². The SMILES string of the molecule is O=C(O)c1nccnc1C(=O)NC1CC1. The van der Waals surface area contributed by atoms with Crippen LogP contribution in [0.5, 0.6) is 0 Å². The van der Waals surface area contributed by atoms with E-state index in [-0.39, 0.29) is 17.4 Å². The molecule has 78 valence electrons. The van der Waals surface area contributed by atoms with Crippen LogP contribution in [0, 0.1) is 0 Å². The van der Waals surface area contributed by atoms with Gasteiger partial charge in [-0.05, 0) is 12.8 Å². The second kappa shape index (κ2) is 3.64. The van der Waals surface area contributed by atoms with E-state index in [1.807, 2.05) is 0 Å². The highest BCUT2D eigenvalue weighted by Gasteiger charge is 2.27. The van der Waals surface area contributed by atoms with E-state index in [1.165, 1.54) is 12.4 Å². The highest BCUT2D eigenvalue weighted by molar-refractivity contribution is 6.02. The van der Waals surface area contributed by atoms with Crippen LogP contribution >= 0.6 is 0 Å². The number of hydrogen-bond donors (Lipinski definition) is 2. The van der Waals surface area contributed by atoms with Crippen molar-refractivity contribution < 1.29 is 14.7 Å². The van der Waals surface area contributed by atoms with E-state index in [2.05, 4.69) is 15.3 Å². The number of carbonyl (C=O) groups excluding carboxylic acids is 1. The van der Waals surface area contributed by atoms with E-state index in [0.29, 0.717) is 0 Å². The third-order valence-electron chi connectivity index (χ3n) is 2.03. The van der Waals surface area contributed by atoms with Gasteiger partial charge in [-0.2, -0.15) is 0 Å². The van der Waals surface area contributed by atoms with Crippen molar-refractivity contribution in [1.82, 2.24) is 15.3 Å². The van der Waals surface area contributed by atoms with Crippen molar-refractivity contribution in [1.29, 1.82) is 0 Å². The molecule has 0 saturated heterocycles. The third-order valence-corrected chi connectivity index (χ3v) is 2.03. The summed E-state index contributed by atoms with van der Waals surface area (Å²) < 4.78 is 0. The first-order chi connectivity index (χ1) is 7.18. The normalized spacial score (nSPS) is 14.7. The lowest BCUT2D eigenvalue weighted by atomic mass is 10.3. The Kier molecular flexibility index (Phi) is 2.32. The zero-order valence-electron chi connectivity index (χ0n) is 7.80. The van der Waals surface area contributed by atoms with Gasteiger partial charge >= 0.3 is 5.97 Å². The van der Waals surface area contributed by atoms with E-state index in [1.54, 1.807) is 0 Å². The lowest BCUT2D eigenvalue weighted by molar-refractivity contribution is 0.0683. The first-order valence-electron chi connectivity index (χ1n) is 4.53. The Morgan fingerprint density at radius 1 is 1.27 bits per heavy atom. The summed E-state index contributed by atoms with van der Waals surface area (Å²) in [6, 6.07) is 0.168. The number of amides is 1. The number of hydrogen-bond acceptors (Lipinski definition) is 4. The first kappa shape index (κ1) is 9.57. The molecule has 0 atom stereocenters. The summed E-state index contributed by atoms with van der Waals surface area (Å²) in [5.74, 6) is -1.72. The van der Waals surface area contributed by atoms with Gasteiger partial charge in [0.15, 0.2) is 11.4 Å². The summed E-state index contributed by atoms with van der Waals surface area (Å²) in [5.41, 5.74) is -0.437. The smallest absolute Gasteiger partial charge is 0.356 e. The molecule has 1 aromatic rings. The molecule has 2 N–H and O–H groups in total. The van der Waals surface area contributed by atoms with Crippen molar-refractivity contribution in [2.75, 3.05) is 0 Å². The number of carboxylic acids is 1. The monoisotopic (exact) mass is 207 g/mol. The fourth-order valence-electron chi connectivity index (χ4n) is 1.14. The van der Waals surface area contributed by atoms with Crippen molar-refractivity contribution >= 4 is 11.9 Å². The maximum Gasteiger partial charge on any atom is 0.356 e. The van der Waals surface area contributed by atoms with Crippen molar-refractivity contribution in [2.45, 2.75) is 18.9 Å². The van der Waals surface area contributed by atoms with E-state index in [4.69, 9.17) is 5.11 Å². The molecule has 1 heterocycles. The average Bonchev–Trinajstić information content (AvgIpc) is 3.01. The fourth-order valence-corrected chi connectivity index (χ4v) is 1.14. The van der Waals surface area contributed by atoms with Crippen molar-refractivity contribution in [3.05, 3.63) is 23.8 Å². The van der Waals surface area contributed by atoms with Crippen LogP contribution in [0.3, 0.4) is 0 Å². The molecule has 0 spiro atoms. The summed E-state index contributed by atoms with van der Waals surface area (Å²) in [4.78, 5) is 29.6. The van der Waals surface area contributed by atoms with Gasteiger partial charge in [-0.3, -0.25) is 4.79 Å². The Hall–Kier alpha value is -1.98. The third kappa shape index (κ3) is 2.09. The van der Waals surface area contributed by atoms with E-state index in [9.17, 15) is 9.59 Å². The van der Waals surface area contributed by atoms with Gasteiger partial charge in [0, 0.05) is 18.4 Å². The van der Waals surface area contributed by atoms with Crippen LogP contribution in [0.4, 0.5) is 0 Å². The molecule has 0 aliphatic heterocycles. The molecule has 2 rings (SSSR count). The van der Waals surface area contributed by atoms with Crippen LogP contribution in [0.2, 0.25) is 0 Å². The summed E-state index contributed by atoms with van der Waals surface area (Å²) in [6.07, 6.45) is 4.43. The molecule has 1 aliphatic carbocycles. The second-order valence-corrected chi connectivity index (χ2v) is 3.31. The van der Waals surface area contributed by atoms with Gasteiger partial charge in [0.05, 0.1) is 0 Å². The number of carboxylic acid groups (broad SMARTS) is 1. The molecule has 0 radical (unpaired) electrons. The van der Waals surface area contributed by atoms with Crippen LogP contribution in [0.15, 0.2) is 12.4 Å². The Morgan fingerprint density at radius 3 is 2.40 bits per heavy atom. The maximum atomic E-state index is 11.5. The first-order valence-corrected chi connectivity index (χ1v) is 4.53. The van der Waals surface area contributed by atoms with Crippen LogP contribution in [0.1, 0.15) is 33.8 Å². The minimum Gasteiger partial charge on any atom is -0.476 e. The zero-order valence-corrected chi connectivity index (χ0v) is 7.80. The Balaban J connectivity index is 2.24. The molecule has 1 amide bonds. The standard InChI is InChI=1S/C9H9N3O3/c13-8(12-5-1-2-5)6-7(9(14)15)11-4-3-10-6/h3-5H,1-2H2,(H,12,13)(H,14,15). The highest BCUT2D eigenvalue weighted by Crippen LogP contribution is 2.19. The molecule has 1 fully saturated rings. The van der Waals surface area contributed by atoms with Crippen LogP contribution in [-0.4, -0.2) is 33.0 Å². The van der Waals surface area contributed by atoms with Gasteiger partial charge in [0.25, 0.3) is 5.91 Å². The lowest BCUT2D eigenvalue weighted by Crippen LogP contribution is -2.28.